The molecule has 1 heterocycles. The van der Waals surface area contributed by atoms with E-state index in [0.29, 0.717) is 5.95 Å². The highest BCUT2D eigenvalue weighted by atomic mass is 32.2. The molecule has 0 fully saturated rings. The molecule has 1 aromatic heterocycles. The van der Waals surface area contributed by atoms with Gasteiger partial charge < -0.3 is 10.6 Å². The second-order valence-electron chi connectivity index (χ2n) is 4.52. The lowest BCUT2D eigenvalue weighted by Gasteiger charge is -2.11. The molecule has 9 heteroatoms. The van der Waals surface area contributed by atoms with Gasteiger partial charge in [0.25, 0.3) is 0 Å². The number of hydrogen-bond donors (Lipinski definition) is 3. The molecule has 0 radical (unpaired) electrons. The zero-order valence-corrected chi connectivity index (χ0v) is 13.2. The largest absolute Gasteiger partial charge is 0.357 e. The molecule has 0 aliphatic heterocycles. The molecule has 0 spiro atoms. The van der Waals surface area contributed by atoms with E-state index in [1.165, 1.54) is 12.4 Å². The molecule has 1 unspecified atom stereocenters. The topological polar surface area (TPSA) is 113 Å². The van der Waals surface area contributed by atoms with E-state index in [4.69, 9.17) is 0 Å². The van der Waals surface area contributed by atoms with Crippen LogP contribution in [0.15, 0.2) is 17.3 Å². The van der Waals surface area contributed by atoms with Gasteiger partial charge in [-0.25, -0.2) is 23.1 Å². The van der Waals surface area contributed by atoms with E-state index in [1.54, 1.807) is 7.05 Å². The smallest absolute Gasteiger partial charge is 0.243 e. The van der Waals surface area contributed by atoms with Crippen LogP contribution in [-0.2, 0) is 14.8 Å². The van der Waals surface area contributed by atoms with Crippen LogP contribution in [0.2, 0.25) is 0 Å². The van der Waals surface area contributed by atoms with Crippen molar-refractivity contribution >= 4 is 21.9 Å². The van der Waals surface area contributed by atoms with Crippen LogP contribution in [0.1, 0.15) is 26.7 Å². The van der Waals surface area contributed by atoms with Crippen LogP contribution in [0, 0.1) is 0 Å². The third-order valence-corrected chi connectivity index (χ3v) is 4.24. The van der Waals surface area contributed by atoms with E-state index in [0.717, 1.165) is 6.42 Å². The standard InChI is InChI=1S/C12H21N5O3S/c1-4-9(2)17-11(18)5-6-16-21(19,20)10-7-14-12(13-3)15-8-10/h7-9,16H,4-6H2,1-3H3,(H,17,18)(H,13,14,15). The summed E-state index contributed by atoms with van der Waals surface area (Å²) in [6.07, 6.45) is 3.33. The maximum Gasteiger partial charge on any atom is 0.243 e. The quantitative estimate of drug-likeness (QED) is 0.627. The fourth-order valence-electron chi connectivity index (χ4n) is 1.42. The van der Waals surface area contributed by atoms with Crippen LogP contribution in [0.25, 0.3) is 0 Å². The predicted molar refractivity (Wildman–Crippen MR) is 79.3 cm³/mol. The zero-order chi connectivity index (χ0) is 15.9. The first-order valence-corrected chi connectivity index (χ1v) is 8.16. The number of amides is 1. The number of rotatable bonds is 8. The van der Waals surface area contributed by atoms with Gasteiger partial charge in [-0.05, 0) is 13.3 Å². The lowest BCUT2D eigenvalue weighted by molar-refractivity contribution is -0.121. The minimum atomic E-state index is -3.70. The number of sulfonamides is 1. The van der Waals surface area contributed by atoms with Gasteiger partial charge >= 0.3 is 0 Å². The van der Waals surface area contributed by atoms with Gasteiger partial charge in [0.2, 0.25) is 21.9 Å². The number of carbonyl (C=O) groups is 1. The number of anilines is 1. The van der Waals surface area contributed by atoms with Gasteiger partial charge in [-0.3, -0.25) is 4.79 Å². The fourth-order valence-corrected chi connectivity index (χ4v) is 2.34. The van der Waals surface area contributed by atoms with E-state index < -0.39 is 10.0 Å². The number of hydrogen-bond acceptors (Lipinski definition) is 6. The number of carbonyl (C=O) groups excluding carboxylic acids is 1. The van der Waals surface area contributed by atoms with E-state index in [-0.39, 0.29) is 29.8 Å². The molecule has 0 aromatic carbocycles. The van der Waals surface area contributed by atoms with Crippen molar-refractivity contribution in [2.24, 2.45) is 0 Å². The summed E-state index contributed by atoms with van der Waals surface area (Å²) in [6.45, 7) is 3.88. The van der Waals surface area contributed by atoms with Crippen LogP contribution in [0.4, 0.5) is 5.95 Å². The van der Waals surface area contributed by atoms with Crippen molar-refractivity contribution in [3.8, 4) is 0 Å². The van der Waals surface area contributed by atoms with Crippen molar-refractivity contribution in [3.63, 3.8) is 0 Å². The van der Waals surface area contributed by atoms with Crippen LogP contribution >= 0.6 is 0 Å². The summed E-state index contributed by atoms with van der Waals surface area (Å²) in [5.41, 5.74) is 0. The molecule has 0 bridgehead atoms. The Kier molecular flexibility index (Phi) is 6.50. The molecule has 21 heavy (non-hydrogen) atoms. The highest BCUT2D eigenvalue weighted by Gasteiger charge is 2.15. The molecule has 1 rings (SSSR count). The molecule has 118 valence electrons. The number of aromatic nitrogens is 2. The molecule has 3 N–H and O–H groups in total. The number of nitrogens with zero attached hydrogens (tertiary/aromatic N) is 2. The lowest BCUT2D eigenvalue weighted by Crippen LogP contribution is -2.35. The summed E-state index contributed by atoms with van der Waals surface area (Å²) in [4.78, 5) is 19.2. The molecule has 0 saturated carbocycles. The molecule has 0 aliphatic rings. The molecule has 1 aromatic rings. The Labute approximate surface area is 124 Å². The van der Waals surface area contributed by atoms with E-state index in [9.17, 15) is 13.2 Å². The van der Waals surface area contributed by atoms with E-state index in [2.05, 4.69) is 25.3 Å². The average Bonchev–Trinajstić information content (AvgIpc) is 2.46. The van der Waals surface area contributed by atoms with Gasteiger partial charge in [0.05, 0.1) is 12.4 Å². The van der Waals surface area contributed by atoms with Gasteiger partial charge in [-0.15, -0.1) is 0 Å². The van der Waals surface area contributed by atoms with Crippen molar-refractivity contribution in [1.82, 2.24) is 20.0 Å². The first kappa shape index (κ1) is 17.3. The summed E-state index contributed by atoms with van der Waals surface area (Å²) in [5, 5.41) is 5.46. The minimum Gasteiger partial charge on any atom is -0.357 e. The summed E-state index contributed by atoms with van der Waals surface area (Å²) in [7, 11) is -2.06. The van der Waals surface area contributed by atoms with E-state index >= 15 is 0 Å². The Bertz CT molecular complexity index is 559. The maximum atomic E-state index is 11.9. The van der Waals surface area contributed by atoms with Crippen LogP contribution < -0.4 is 15.4 Å². The first-order chi connectivity index (χ1) is 9.89. The van der Waals surface area contributed by atoms with Gasteiger partial charge in [0, 0.05) is 26.1 Å². The predicted octanol–water partition coefficient (Wildman–Crippen LogP) is 0.101. The lowest BCUT2D eigenvalue weighted by atomic mass is 10.2. The fraction of sp³-hybridized carbons (Fsp3) is 0.583. The Morgan fingerprint density at radius 1 is 1.33 bits per heavy atom. The molecule has 1 atom stereocenters. The summed E-state index contributed by atoms with van der Waals surface area (Å²) in [6, 6.07) is 0.0802. The third kappa shape index (κ3) is 5.64. The molecular weight excluding hydrogens is 294 g/mol. The van der Waals surface area contributed by atoms with Crippen LogP contribution in [0.3, 0.4) is 0 Å². The van der Waals surface area contributed by atoms with E-state index in [1.807, 2.05) is 13.8 Å². The second kappa shape index (κ2) is 7.89. The Morgan fingerprint density at radius 3 is 2.48 bits per heavy atom. The van der Waals surface area contributed by atoms with Gasteiger partial charge in [0.15, 0.2) is 0 Å². The minimum absolute atomic E-state index is 0.0262. The number of nitrogens with one attached hydrogen (secondary N) is 3. The monoisotopic (exact) mass is 315 g/mol. The molecule has 8 nitrogen and oxygen atoms in total. The van der Waals surface area contributed by atoms with Gasteiger partial charge in [-0.1, -0.05) is 6.92 Å². The van der Waals surface area contributed by atoms with Gasteiger partial charge in [-0.2, -0.15) is 0 Å². The first-order valence-electron chi connectivity index (χ1n) is 6.68. The van der Waals surface area contributed by atoms with Crippen molar-refractivity contribution in [2.45, 2.75) is 37.6 Å². The Morgan fingerprint density at radius 2 is 1.95 bits per heavy atom. The highest BCUT2D eigenvalue weighted by molar-refractivity contribution is 7.89. The highest BCUT2D eigenvalue weighted by Crippen LogP contribution is 2.06. The summed E-state index contributed by atoms with van der Waals surface area (Å²) in [5.74, 6) is 0.149. The summed E-state index contributed by atoms with van der Waals surface area (Å²) >= 11 is 0. The Balaban J connectivity index is 2.51. The van der Waals surface area contributed by atoms with Crippen molar-refractivity contribution < 1.29 is 13.2 Å². The zero-order valence-electron chi connectivity index (χ0n) is 12.4. The summed E-state index contributed by atoms with van der Waals surface area (Å²) < 4.78 is 26.2. The van der Waals surface area contributed by atoms with Crippen LogP contribution in [-0.4, -0.2) is 43.9 Å². The molecule has 0 aliphatic carbocycles. The third-order valence-electron chi connectivity index (χ3n) is 2.83. The average molecular weight is 315 g/mol. The SMILES string of the molecule is CCC(C)NC(=O)CCNS(=O)(=O)c1cnc(NC)nc1. The van der Waals surface area contributed by atoms with Crippen LogP contribution in [0.5, 0.6) is 0 Å². The van der Waals surface area contributed by atoms with Crippen molar-refractivity contribution in [2.75, 3.05) is 18.9 Å². The normalized spacial score (nSPS) is 12.7. The molecule has 0 saturated heterocycles. The molecule has 1 amide bonds. The van der Waals surface area contributed by atoms with Gasteiger partial charge in [0.1, 0.15) is 4.90 Å². The van der Waals surface area contributed by atoms with Crippen molar-refractivity contribution in [1.29, 1.82) is 0 Å². The Hall–Kier alpha value is -1.74. The maximum absolute atomic E-state index is 11.9. The van der Waals surface area contributed by atoms with Crippen molar-refractivity contribution in [3.05, 3.63) is 12.4 Å². The second-order valence-corrected chi connectivity index (χ2v) is 6.28. The molecular formula is C12H21N5O3S.